The molecular formula is C13H15NO3. The van der Waals surface area contributed by atoms with Gasteiger partial charge in [0, 0.05) is 18.7 Å². The zero-order valence-electron chi connectivity index (χ0n) is 9.56. The van der Waals surface area contributed by atoms with Gasteiger partial charge in [0.05, 0.1) is 6.42 Å². The molecule has 2 amide bonds. The molecule has 1 aliphatic heterocycles. The zero-order valence-corrected chi connectivity index (χ0v) is 9.56. The molecule has 4 nitrogen and oxygen atoms in total. The monoisotopic (exact) mass is 233 g/mol. The van der Waals surface area contributed by atoms with Crippen LogP contribution in [0.5, 0.6) is 0 Å². The van der Waals surface area contributed by atoms with Gasteiger partial charge in [-0.3, -0.25) is 14.5 Å². The largest absolute Gasteiger partial charge is 0.396 e. The van der Waals surface area contributed by atoms with E-state index in [1.54, 1.807) is 12.1 Å². The van der Waals surface area contributed by atoms with Crippen molar-refractivity contribution < 1.29 is 14.7 Å². The Morgan fingerprint density at radius 3 is 2.71 bits per heavy atom. The van der Waals surface area contributed by atoms with E-state index in [0.717, 1.165) is 5.56 Å². The standard InChI is InChI=1S/C13H15NO3/c15-8-4-3-7-14-12(16)9-10-5-1-2-6-11(10)13(14)17/h1-2,5-6,15H,3-4,7-9H2. The van der Waals surface area contributed by atoms with Crippen LogP contribution in [0, 0.1) is 0 Å². The fourth-order valence-electron chi connectivity index (χ4n) is 2.01. The van der Waals surface area contributed by atoms with E-state index in [2.05, 4.69) is 0 Å². The van der Waals surface area contributed by atoms with Gasteiger partial charge in [-0.1, -0.05) is 18.2 Å². The summed E-state index contributed by atoms with van der Waals surface area (Å²) in [5.41, 5.74) is 1.43. The average molecular weight is 233 g/mol. The number of carbonyl (C=O) groups excluding carboxylic acids is 2. The molecule has 1 N–H and O–H groups in total. The first-order valence-corrected chi connectivity index (χ1v) is 5.77. The molecule has 0 aliphatic carbocycles. The maximum Gasteiger partial charge on any atom is 0.260 e. The number of imide groups is 1. The molecule has 4 heteroatoms. The summed E-state index contributed by atoms with van der Waals surface area (Å²) in [6.45, 7) is 0.485. The molecule has 0 unspecified atom stereocenters. The van der Waals surface area contributed by atoms with Gasteiger partial charge < -0.3 is 5.11 Å². The molecule has 0 bridgehead atoms. The van der Waals surface area contributed by atoms with Crippen molar-refractivity contribution in [2.24, 2.45) is 0 Å². The molecule has 0 saturated heterocycles. The first-order chi connectivity index (χ1) is 8.24. The predicted octanol–water partition coefficient (Wildman–Crippen LogP) is 0.984. The molecule has 1 heterocycles. The first-order valence-electron chi connectivity index (χ1n) is 5.77. The number of aliphatic hydroxyl groups excluding tert-OH is 1. The lowest BCUT2D eigenvalue weighted by Gasteiger charge is -2.26. The third kappa shape index (κ3) is 2.36. The molecule has 0 aromatic heterocycles. The Bertz CT molecular complexity index is 442. The number of carbonyl (C=O) groups is 2. The van der Waals surface area contributed by atoms with Crippen LogP contribution < -0.4 is 0 Å². The lowest BCUT2D eigenvalue weighted by molar-refractivity contribution is -0.128. The summed E-state index contributed by atoms with van der Waals surface area (Å²) in [4.78, 5) is 25.2. The van der Waals surface area contributed by atoms with Crippen molar-refractivity contribution in [3.63, 3.8) is 0 Å². The SMILES string of the molecule is O=C1Cc2ccccc2C(=O)N1CCCCO. The molecule has 1 aromatic rings. The van der Waals surface area contributed by atoms with Crippen LogP contribution in [0.3, 0.4) is 0 Å². The Balaban J connectivity index is 2.16. The molecule has 1 aliphatic rings. The van der Waals surface area contributed by atoms with Crippen LogP contribution in [-0.2, 0) is 11.2 Å². The summed E-state index contributed by atoms with van der Waals surface area (Å²) in [6.07, 6.45) is 1.55. The van der Waals surface area contributed by atoms with Gasteiger partial charge in [0.1, 0.15) is 0 Å². The van der Waals surface area contributed by atoms with Crippen LogP contribution in [0.4, 0.5) is 0 Å². The molecule has 90 valence electrons. The highest BCUT2D eigenvalue weighted by molar-refractivity contribution is 6.09. The highest BCUT2D eigenvalue weighted by Crippen LogP contribution is 2.19. The smallest absolute Gasteiger partial charge is 0.260 e. The van der Waals surface area contributed by atoms with Crippen molar-refractivity contribution in [2.45, 2.75) is 19.3 Å². The summed E-state index contributed by atoms with van der Waals surface area (Å²) in [6, 6.07) is 7.21. The summed E-state index contributed by atoms with van der Waals surface area (Å²) in [5, 5.41) is 8.70. The summed E-state index contributed by atoms with van der Waals surface area (Å²) < 4.78 is 0. The van der Waals surface area contributed by atoms with Crippen LogP contribution in [0.1, 0.15) is 28.8 Å². The third-order valence-electron chi connectivity index (χ3n) is 2.93. The third-order valence-corrected chi connectivity index (χ3v) is 2.93. The van der Waals surface area contributed by atoms with Crippen molar-refractivity contribution >= 4 is 11.8 Å². The highest BCUT2D eigenvalue weighted by Gasteiger charge is 2.29. The first kappa shape index (κ1) is 11.8. The van der Waals surface area contributed by atoms with E-state index in [9.17, 15) is 9.59 Å². The lowest BCUT2D eigenvalue weighted by Crippen LogP contribution is -2.42. The van der Waals surface area contributed by atoms with Crippen molar-refractivity contribution in [3.05, 3.63) is 35.4 Å². The Kier molecular flexibility index (Phi) is 3.54. The fraction of sp³-hybridized carbons (Fsp3) is 0.385. The lowest BCUT2D eigenvalue weighted by atomic mass is 9.98. The number of fused-ring (bicyclic) bond motifs is 1. The van der Waals surface area contributed by atoms with Crippen molar-refractivity contribution in [1.29, 1.82) is 0 Å². The van der Waals surface area contributed by atoms with Gasteiger partial charge in [-0.05, 0) is 24.5 Å². The van der Waals surface area contributed by atoms with Crippen LogP contribution in [0.2, 0.25) is 0 Å². The van der Waals surface area contributed by atoms with Gasteiger partial charge in [0.15, 0.2) is 0 Å². The average Bonchev–Trinajstić information content (AvgIpc) is 2.33. The summed E-state index contributed by atoms with van der Waals surface area (Å²) in [7, 11) is 0. The predicted molar refractivity (Wildman–Crippen MR) is 62.5 cm³/mol. The van der Waals surface area contributed by atoms with Gasteiger partial charge in [-0.2, -0.15) is 0 Å². The molecule has 0 fully saturated rings. The Hall–Kier alpha value is -1.68. The summed E-state index contributed by atoms with van der Waals surface area (Å²) >= 11 is 0. The van der Waals surface area contributed by atoms with Gasteiger partial charge >= 0.3 is 0 Å². The molecular weight excluding hydrogens is 218 g/mol. The number of amides is 2. The number of aliphatic hydroxyl groups is 1. The fourth-order valence-corrected chi connectivity index (χ4v) is 2.01. The van der Waals surface area contributed by atoms with Gasteiger partial charge in [0.2, 0.25) is 5.91 Å². The quantitative estimate of drug-likeness (QED) is 0.623. The van der Waals surface area contributed by atoms with Crippen molar-refractivity contribution in [2.75, 3.05) is 13.2 Å². The van der Waals surface area contributed by atoms with Gasteiger partial charge in [-0.25, -0.2) is 0 Å². The number of hydrogen-bond acceptors (Lipinski definition) is 3. The Labute approximate surface area is 99.9 Å². The Morgan fingerprint density at radius 1 is 1.18 bits per heavy atom. The van der Waals surface area contributed by atoms with Crippen molar-refractivity contribution in [1.82, 2.24) is 4.90 Å². The van der Waals surface area contributed by atoms with Crippen LogP contribution in [-0.4, -0.2) is 35.0 Å². The van der Waals surface area contributed by atoms with Crippen LogP contribution in [0.25, 0.3) is 0 Å². The normalized spacial score (nSPS) is 15.0. The van der Waals surface area contributed by atoms with E-state index in [-0.39, 0.29) is 18.4 Å². The molecule has 2 rings (SSSR count). The van der Waals surface area contributed by atoms with Crippen LogP contribution >= 0.6 is 0 Å². The van der Waals surface area contributed by atoms with Crippen LogP contribution in [0.15, 0.2) is 24.3 Å². The van der Waals surface area contributed by atoms with E-state index >= 15 is 0 Å². The van der Waals surface area contributed by atoms with Gasteiger partial charge in [0.25, 0.3) is 5.91 Å². The number of rotatable bonds is 4. The minimum atomic E-state index is -0.213. The molecule has 0 radical (unpaired) electrons. The maximum atomic E-state index is 12.1. The van der Waals surface area contributed by atoms with E-state index in [1.807, 2.05) is 12.1 Å². The van der Waals surface area contributed by atoms with E-state index < -0.39 is 0 Å². The molecule has 0 atom stereocenters. The minimum absolute atomic E-state index is 0.0901. The maximum absolute atomic E-state index is 12.1. The van der Waals surface area contributed by atoms with Crippen molar-refractivity contribution in [3.8, 4) is 0 Å². The minimum Gasteiger partial charge on any atom is -0.396 e. The second kappa shape index (κ2) is 5.10. The molecule has 1 aromatic carbocycles. The number of nitrogens with zero attached hydrogens (tertiary/aromatic N) is 1. The second-order valence-corrected chi connectivity index (χ2v) is 4.12. The second-order valence-electron chi connectivity index (χ2n) is 4.12. The summed E-state index contributed by atoms with van der Waals surface area (Å²) in [5.74, 6) is -0.360. The Morgan fingerprint density at radius 2 is 1.94 bits per heavy atom. The molecule has 17 heavy (non-hydrogen) atoms. The number of unbranched alkanes of at least 4 members (excludes halogenated alkanes) is 1. The van der Waals surface area contributed by atoms with E-state index in [1.165, 1.54) is 4.90 Å². The topological polar surface area (TPSA) is 57.6 Å². The van der Waals surface area contributed by atoms with E-state index in [4.69, 9.17) is 5.11 Å². The van der Waals surface area contributed by atoms with E-state index in [0.29, 0.717) is 31.4 Å². The highest BCUT2D eigenvalue weighted by atomic mass is 16.3. The molecule has 0 spiro atoms. The zero-order chi connectivity index (χ0) is 12.3. The number of benzene rings is 1. The number of hydrogen-bond donors (Lipinski definition) is 1. The molecule has 0 saturated carbocycles. The van der Waals surface area contributed by atoms with Gasteiger partial charge in [-0.15, -0.1) is 0 Å².